The van der Waals surface area contributed by atoms with E-state index in [2.05, 4.69) is 35.0 Å². The van der Waals surface area contributed by atoms with Crippen LogP contribution in [0, 0.1) is 5.92 Å². The lowest BCUT2D eigenvalue weighted by Gasteiger charge is -2.26. The molecule has 1 aromatic carbocycles. The van der Waals surface area contributed by atoms with Crippen LogP contribution in [0.4, 0.5) is 0 Å². The zero-order valence-corrected chi connectivity index (χ0v) is 9.52. The first-order valence-electron chi connectivity index (χ1n) is 6.15. The monoisotopic (exact) mass is 214 g/mol. The van der Waals surface area contributed by atoms with Gasteiger partial charge in [-0.2, -0.15) is 0 Å². The first-order chi connectivity index (χ1) is 7.88. The number of nitrogens with zero attached hydrogens (tertiary/aromatic N) is 1. The topological polar surface area (TPSA) is 30.9 Å². The molecule has 1 fully saturated rings. The van der Waals surface area contributed by atoms with Crippen molar-refractivity contribution < 1.29 is 0 Å². The van der Waals surface area contributed by atoms with Crippen molar-refractivity contribution in [2.24, 2.45) is 11.7 Å². The molecule has 2 N–H and O–H groups in total. The fraction of sp³-hybridized carbons (Fsp3) is 0.429. The van der Waals surface area contributed by atoms with Crippen molar-refractivity contribution in [1.29, 1.82) is 0 Å². The molecule has 0 bridgehead atoms. The highest BCUT2D eigenvalue weighted by Gasteiger charge is 2.18. The molecular weight excluding hydrogens is 196 g/mol. The van der Waals surface area contributed by atoms with Gasteiger partial charge in [0.05, 0.1) is 0 Å². The van der Waals surface area contributed by atoms with Gasteiger partial charge in [-0.25, -0.2) is 0 Å². The van der Waals surface area contributed by atoms with Crippen LogP contribution in [0.1, 0.15) is 24.8 Å². The fourth-order valence-corrected chi connectivity index (χ4v) is 2.58. The van der Waals surface area contributed by atoms with E-state index in [4.69, 9.17) is 5.73 Å². The molecule has 0 spiro atoms. The predicted octanol–water partition coefficient (Wildman–Crippen LogP) is 2.90. The smallest absolute Gasteiger partial charge is 0.0483 e. The molecule has 16 heavy (non-hydrogen) atoms. The third-order valence-electron chi connectivity index (χ3n) is 3.80. The Balaban J connectivity index is 1.99. The number of hydrogen-bond acceptors (Lipinski definition) is 1. The Labute approximate surface area is 96.1 Å². The lowest BCUT2D eigenvalue weighted by Crippen LogP contribution is -2.17. The maximum atomic E-state index is 5.75. The van der Waals surface area contributed by atoms with E-state index in [1.165, 1.54) is 42.3 Å². The van der Waals surface area contributed by atoms with Crippen molar-refractivity contribution in [3.63, 3.8) is 0 Å². The van der Waals surface area contributed by atoms with Gasteiger partial charge in [0.25, 0.3) is 0 Å². The molecule has 2 heteroatoms. The minimum atomic E-state index is 0.630. The van der Waals surface area contributed by atoms with Crippen molar-refractivity contribution in [3.8, 4) is 0 Å². The van der Waals surface area contributed by atoms with Crippen LogP contribution in [0.25, 0.3) is 10.9 Å². The summed E-state index contributed by atoms with van der Waals surface area (Å²) in [4.78, 5) is 0. The Morgan fingerprint density at radius 2 is 2.12 bits per heavy atom. The maximum Gasteiger partial charge on any atom is 0.0483 e. The summed E-state index contributed by atoms with van der Waals surface area (Å²) >= 11 is 0. The van der Waals surface area contributed by atoms with Gasteiger partial charge in [0.1, 0.15) is 0 Å². The third kappa shape index (κ3) is 1.54. The molecule has 3 rings (SSSR count). The SMILES string of the molecule is NCc1cccc2c1ccn2CC1CCC1. The number of fused-ring (bicyclic) bond motifs is 1. The van der Waals surface area contributed by atoms with E-state index in [9.17, 15) is 0 Å². The highest BCUT2D eigenvalue weighted by molar-refractivity contribution is 5.83. The average Bonchev–Trinajstić information content (AvgIpc) is 2.66. The summed E-state index contributed by atoms with van der Waals surface area (Å²) in [6.45, 7) is 1.81. The highest BCUT2D eigenvalue weighted by atomic mass is 15.0. The minimum absolute atomic E-state index is 0.630. The summed E-state index contributed by atoms with van der Waals surface area (Å²) in [5.74, 6) is 0.900. The summed E-state index contributed by atoms with van der Waals surface area (Å²) in [6, 6.07) is 8.64. The molecule has 0 aliphatic heterocycles. The first kappa shape index (κ1) is 9.91. The second-order valence-corrected chi connectivity index (χ2v) is 4.82. The van der Waals surface area contributed by atoms with Crippen LogP contribution in [0.5, 0.6) is 0 Å². The Kier molecular flexibility index (Phi) is 2.44. The number of nitrogens with two attached hydrogens (primary N) is 1. The zero-order chi connectivity index (χ0) is 11.0. The van der Waals surface area contributed by atoms with Crippen molar-refractivity contribution in [1.82, 2.24) is 4.57 Å². The predicted molar refractivity (Wildman–Crippen MR) is 67.2 cm³/mol. The fourth-order valence-electron chi connectivity index (χ4n) is 2.58. The van der Waals surface area contributed by atoms with Crippen LogP contribution < -0.4 is 5.73 Å². The van der Waals surface area contributed by atoms with Crippen LogP contribution in [0.2, 0.25) is 0 Å². The first-order valence-corrected chi connectivity index (χ1v) is 6.15. The Bertz CT molecular complexity index is 494. The van der Waals surface area contributed by atoms with E-state index in [-0.39, 0.29) is 0 Å². The quantitative estimate of drug-likeness (QED) is 0.836. The van der Waals surface area contributed by atoms with Crippen LogP contribution in [-0.2, 0) is 13.1 Å². The molecule has 1 aliphatic rings. The number of benzene rings is 1. The van der Waals surface area contributed by atoms with Crippen LogP contribution >= 0.6 is 0 Å². The van der Waals surface area contributed by atoms with Crippen molar-refractivity contribution in [2.75, 3.05) is 0 Å². The largest absolute Gasteiger partial charge is 0.347 e. The Morgan fingerprint density at radius 1 is 1.25 bits per heavy atom. The van der Waals surface area contributed by atoms with Gasteiger partial charge < -0.3 is 10.3 Å². The molecule has 2 nitrogen and oxygen atoms in total. The highest BCUT2D eigenvalue weighted by Crippen LogP contribution is 2.30. The Morgan fingerprint density at radius 3 is 2.81 bits per heavy atom. The van der Waals surface area contributed by atoms with Gasteiger partial charge >= 0.3 is 0 Å². The van der Waals surface area contributed by atoms with E-state index < -0.39 is 0 Å². The molecule has 0 unspecified atom stereocenters. The maximum absolute atomic E-state index is 5.75. The molecule has 84 valence electrons. The number of aromatic nitrogens is 1. The van der Waals surface area contributed by atoms with Gasteiger partial charge in [0, 0.05) is 30.2 Å². The van der Waals surface area contributed by atoms with E-state index in [0.29, 0.717) is 6.54 Å². The second-order valence-electron chi connectivity index (χ2n) is 4.82. The van der Waals surface area contributed by atoms with Crippen LogP contribution in [0.15, 0.2) is 30.5 Å². The Hall–Kier alpha value is -1.28. The van der Waals surface area contributed by atoms with Gasteiger partial charge in [-0.05, 0) is 36.5 Å². The number of hydrogen-bond donors (Lipinski definition) is 1. The van der Waals surface area contributed by atoms with Gasteiger partial charge in [0.15, 0.2) is 0 Å². The van der Waals surface area contributed by atoms with Gasteiger partial charge in [0.2, 0.25) is 0 Å². The molecule has 0 radical (unpaired) electrons. The van der Waals surface area contributed by atoms with Crippen molar-refractivity contribution in [2.45, 2.75) is 32.4 Å². The molecule has 1 saturated carbocycles. The molecule has 0 atom stereocenters. The minimum Gasteiger partial charge on any atom is -0.347 e. The lowest BCUT2D eigenvalue weighted by molar-refractivity contribution is 0.280. The lowest BCUT2D eigenvalue weighted by atomic mass is 9.85. The van der Waals surface area contributed by atoms with Crippen LogP contribution in [-0.4, -0.2) is 4.57 Å². The van der Waals surface area contributed by atoms with E-state index in [1.54, 1.807) is 0 Å². The van der Waals surface area contributed by atoms with E-state index in [1.807, 2.05) is 0 Å². The summed E-state index contributed by atoms with van der Waals surface area (Å²) in [5.41, 5.74) is 8.35. The summed E-state index contributed by atoms with van der Waals surface area (Å²) in [7, 11) is 0. The van der Waals surface area contributed by atoms with Gasteiger partial charge in [-0.1, -0.05) is 18.6 Å². The molecule has 1 aromatic heterocycles. The van der Waals surface area contributed by atoms with Crippen LogP contribution in [0.3, 0.4) is 0 Å². The standard InChI is InChI=1S/C14H18N2/c15-9-12-5-2-6-14-13(12)7-8-16(14)10-11-3-1-4-11/h2,5-8,11H,1,3-4,9-10,15H2. The number of rotatable bonds is 3. The molecular formula is C14H18N2. The molecule has 1 aliphatic carbocycles. The van der Waals surface area contributed by atoms with E-state index in [0.717, 1.165) is 5.92 Å². The van der Waals surface area contributed by atoms with Gasteiger partial charge in [-0.15, -0.1) is 0 Å². The third-order valence-corrected chi connectivity index (χ3v) is 3.80. The summed E-state index contributed by atoms with van der Waals surface area (Å²) in [5, 5.41) is 1.32. The summed E-state index contributed by atoms with van der Waals surface area (Å²) in [6.07, 6.45) is 6.42. The molecule has 1 heterocycles. The molecule has 0 saturated heterocycles. The second kappa shape index (κ2) is 3.95. The average molecular weight is 214 g/mol. The van der Waals surface area contributed by atoms with E-state index >= 15 is 0 Å². The van der Waals surface area contributed by atoms with Gasteiger partial charge in [-0.3, -0.25) is 0 Å². The zero-order valence-electron chi connectivity index (χ0n) is 9.52. The summed E-state index contributed by atoms with van der Waals surface area (Å²) < 4.78 is 2.39. The van der Waals surface area contributed by atoms with Crippen molar-refractivity contribution >= 4 is 10.9 Å². The van der Waals surface area contributed by atoms with Crippen molar-refractivity contribution in [3.05, 3.63) is 36.0 Å². The molecule has 2 aromatic rings. The normalized spacial score (nSPS) is 16.6. The molecule has 0 amide bonds.